The van der Waals surface area contributed by atoms with Gasteiger partial charge in [0.25, 0.3) is 0 Å². The third-order valence-electron chi connectivity index (χ3n) is 2.70. The van der Waals surface area contributed by atoms with Crippen molar-refractivity contribution in [2.24, 2.45) is 0 Å². The zero-order valence-corrected chi connectivity index (χ0v) is 11.8. The summed E-state index contributed by atoms with van der Waals surface area (Å²) in [6.45, 7) is 3.84. The molecule has 1 heterocycles. The minimum absolute atomic E-state index is 0.327. The fraction of sp³-hybridized carbons (Fsp3) is 0.214. The maximum Gasteiger partial charge on any atom is 0.246 e. The number of nitrogens with two attached hydrogens (primary N) is 1. The number of aromatic nitrogens is 1. The second-order valence-electron chi connectivity index (χ2n) is 4.22. The predicted octanol–water partition coefficient (Wildman–Crippen LogP) is 3.73. The Morgan fingerprint density at radius 2 is 1.79 bits per heavy atom. The molecule has 0 spiro atoms. The highest BCUT2D eigenvalue weighted by Crippen LogP contribution is 2.33. The molecule has 0 radical (unpaired) electrons. The van der Waals surface area contributed by atoms with Crippen molar-refractivity contribution in [2.45, 2.75) is 13.8 Å². The number of halogens is 1. The van der Waals surface area contributed by atoms with Gasteiger partial charge >= 0.3 is 0 Å². The number of hydrogen-bond donors (Lipinski definition) is 1. The zero-order valence-electron chi connectivity index (χ0n) is 11.0. The zero-order chi connectivity index (χ0) is 14.0. The van der Waals surface area contributed by atoms with E-state index in [-0.39, 0.29) is 0 Å². The number of benzene rings is 1. The van der Waals surface area contributed by atoms with Crippen molar-refractivity contribution in [3.63, 3.8) is 0 Å². The van der Waals surface area contributed by atoms with Crippen molar-refractivity contribution in [1.82, 2.24) is 4.98 Å². The Morgan fingerprint density at radius 3 is 2.37 bits per heavy atom. The van der Waals surface area contributed by atoms with Gasteiger partial charge in [-0.25, -0.2) is 0 Å². The van der Waals surface area contributed by atoms with Gasteiger partial charge in [-0.1, -0.05) is 11.6 Å². The third kappa shape index (κ3) is 2.90. The van der Waals surface area contributed by atoms with E-state index in [1.165, 1.54) is 0 Å². The maximum absolute atomic E-state index is 5.99. The van der Waals surface area contributed by atoms with E-state index in [0.717, 1.165) is 11.1 Å². The van der Waals surface area contributed by atoms with Crippen LogP contribution in [0.15, 0.2) is 24.3 Å². The van der Waals surface area contributed by atoms with Crippen LogP contribution in [0, 0.1) is 13.8 Å². The summed E-state index contributed by atoms with van der Waals surface area (Å²) < 4.78 is 10.9. The van der Waals surface area contributed by atoms with Crippen LogP contribution in [0.1, 0.15) is 11.1 Å². The van der Waals surface area contributed by atoms with Gasteiger partial charge in [-0.15, -0.1) is 0 Å². The molecular weight excluding hydrogens is 264 g/mol. The fourth-order valence-electron chi connectivity index (χ4n) is 1.78. The first kappa shape index (κ1) is 13.5. The Hall–Kier alpha value is -1.94. The molecule has 0 aliphatic carbocycles. The lowest BCUT2D eigenvalue weighted by molar-refractivity contribution is 0.383. The number of pyridine rings is 1. The Kier molecular flexibility index (Phi) is 3.81. The predicted molar refractivity (Wildman–Crippen MR) is 76.2 cm³/mol. The normalized spacial score (nSPS) is 10.3. The lowest BCUT2D eigenvalue weighted by Gasteiger charge is -2.13. The van der Waals surface area contributed by atoms with E-state index in [1.54, 1.807) is 19.2 Å². The van der Waals surface area contributed by atoms with Crippen molar-refractivity contribution >= 4 is 17.3 Å². The van der Waals surface area contributed by atoms with Crippen LogP contribution in [0.25, 0.3) is 0 Å². The van der Waals surface area contributed by atoms with Crippen LogP contribution in [-0.2, 0) is 0 Å². The van der Waals surface area contributed by atoms with Crippen LogP contribution in [0.4, 0.5) is 5.69 Å². The topological polar surface area (TPSA) is 57.4 Å². The molecule has 2 aromatic rings. The molecule has 19 heavy (non-hydrogen) atoms. The number of anilines is 1. The second-order valence-corrected chi connectivity index (χ2v) is 4.66. The fourth-order valence-corrected chi connectivity index (χ4v) is 2.11. The molecule has 5 heteroatoms. The molecule has 0 unspecified atom stereocenters. The highest BCUT2D eigenvalue weighted by molar-refractivity contribution is 6.30. The summed E-state index contributed by atoms with van der Waals surface area (Å²) in [5.41, 5.74) is 8.16. The molecule has 0 saturated heterocycles. The average Bonchev–Trinajstić information content (AvgIpc) is 2.35. The summed E-state index contributed by atoms with van der Waals surface area (Å²) in [7, 11) is 1.54. The van der Waals surface area contributed by atoms with Gasteiger partial charge in [0.2, 0.25) is 11.8 Å². The molecule has 100 valence electrons. The number of nitrogen functional groups attached to an aromatic ring is 1. The first-order valence-corrected chi connectivity index (χ1v) is 6.14. The van der Waals surface area contributed by atoms with Crippen LogP contribution in [0.3, 0.4) is 0 Å². The van der Waals surface area contributed by atoms with E-state index in [9.17, 15) is 0 Å². The van der Waals surface area contributed by atoms with Crippen molar-refractivity contribution in [1.29, 1.82) is 0 Å². The highest BCUT2D eigenvalue weighted by atomic mass is 35.5. The van der Waals surface area contributed by atoms with Crippen molar-refractivity contribution in [3.05, 3.63) is 40.4 Å². The standard InChI is InChI=1S/C14H15ClN2O2/c1-8-6-10(15)7-9(2)13(8)19-14-11(16)4-5-12(17-14)18-3/h4-7H,16H2,1-3H3. The monoisotopic (exact) mass is 278 g/mol. The van der Waals surface area contributed by atoms with Gasteiger partial charge in [-0.05, 0) is 43.2 Å². The summed E-state index contributed by atoms with van der Waals surface area (Å²) in [4.78, 5) is 4.19. The second kappa shape index (κ2) is 5.36. The molecule has 2 rings (SSSR count). The van der Waals surface area contributed by atoms with E-state index in [4.69, 9.17) is 26.8 Å². The largest absolute Gasteiger partial charge is 0.481 e. The molecule has 0 amide bonds. The summed E-state index contributed by atoms with van der Waals surface area (Å²) in [5.74, 6) is 1.48. The maximum atomic E-state index is 5.99. The van der Waals surface area contributed by atoms with Crippen molar-refractivity contribution < 1.29 is 9.47 Å². The molecule has 1 aromatic heterocycles. The molecule has 0 saturated carbocycles. The van der Waals surface area contributed by atoms with E-state index in [1.807, 2.05) is 26.0 Å². The molecule has 0 aliphatic heterocycles. The van der Waals surface area contributed by atoms with Gasteiger partial charge in [0.1, 0.15) is 5.75 Å². The Bertz CT molecular complexity index is 591. The van der Waals surface area contributed by atoms with Crippen LogP contribution < -0.4 is 15.2 Å². The summed E-state index contributed by atoms with van der Waals surface area (Å²) >= 11 is 5.99. The van der Waals surface area contributed by atoms with Gasteiger partial charge in [-0.2, -0.15) is 4.98 Å². The third-order valence-corrected chi connectivity index (χ3v) is 2.92. The van der Waals surface area contributed by atoms with Crippen molar-refractivity contribution in [3.8, 4) is 17.5 Å². The Labute approximate surface area is 117 Å². The first-order chi connectivity index (χ1) is 9.01. The lowest BCUT2D eigenvalue weighted by atomic mass is 10.1. The Morgan fingerprint density at radius 1 is 1.16 bits per heavy atom. The summed E-state index contributed by atoms with van der Waals surface area (Å²) in [6.07, 6.45) is 0. The first-order valence-electron chi connectivity index (χ1n) is 5.76. The number of rotatable bonds is 3. The molecule has 2 N–H and O–H groups in total. The number of ether oxygens (including phenoxy) is 2. The SMILES string of the molecule is COc1ccc(N)c(Oc2c(C)cc(Cl)cc2C)n1. The van der Waals surface area contributed by atoms with Gasteiger partial charge in [0.15, 0.2) is 0 Å². The van der Waals surface area contributed by atoms with E-state index >= 15 is 0 Å². The molecule has 0 aliphatic rings. The summed E-state index contributed by atoms with van der Waals surface area (Å²) in [6, 6.07) is 7.05. The minimum atomic E-state index is 0.327. The van der Waals surface area contributed by atoms with Crippen LogP contribution in [0.5, 0.6) is 17.5 Å². The number of nitrogens with zero attached hydrogens (tertiary/aromatic N) is 1. The lowest BCUT2D eigenvalue weighted by Crippen LogP contribution is -1.99. The van der Waals surface area contributed by atoms with Crippen LogP contribution in [-0.4, -0.2) is 12.1 Å². The van der Waals surface area contributed by atoms with E-state index < -0.39 is 0 Å². The van der Waals surface area contributed by atoms with E-state index in [2.05, 4.69) is 4.98 Å². The molecule has 1 aromatic carbocycles. The van der Waals surface area contributed by atoms with Crippen molar-refractivity contribution in [2.75, 3.05) is 12.8 Å². The molecule has 0 atom stereocenters. The van der Waals surface area contributed by atoms with Gasteiger partial charge in [-0.3, -0.25) is 0 Å². The van der Waals surface area contributed by atoms with Gasteiger partial charge in [0, 0.05) is 11.1 Å². The van der Waals surface area contributed by atoms with Gasteiger partial charge in [0.05, 0.1) is 12.8 Å². The number of methoxy groups -OCH3 is 1. The van der Waals surface area contributed by atoms with Crippen LogP contribution in [0.2, 0.25) is 5.02 Å². The number of hydrogen-bond acceptors (Lipinski definition) is 4. The minimum Gasteiger partial charge on any atom is -0.481 e. The van der Waals surface area contributed by atoms with Gasteiger partial charge < -0.3 is 15.2 Å². The number of aryl methyl sites for hydroxylation is 2. The molecule has 4 nitrogen and oxygen atoms in total. The average molecular weight is 279 g/mol. The quantitative estimate of drug-likeness (QED) is 0.929. The highest BCUT2D eigenvalue weighted by Gasteiger charge is 2.11. The van der Waals surface area contributed by atoms with Crippen LogP contribution >= 0.6 is 11.6 Å². The molecule has 0 bridgehead atoms. The smallest absolute Gasteiger partial charge is 0.246 e. The molecule has 0 fully saturated rings. The molecular formula is C14H15ClN2O2. The summed E-state index contributed by atoms with van der Waals surface area (Å²) in [5, 5.41) is 0.675. The Balaban J connectivity index is 2.41. The van der Waals surface area contributed by atoms with E-state index in [0.29, 0.717) is 28.2 Å².